The Balaban J connectivity index is 1.41. The summed E-state index contributed by atoms with van der Waals surface area (Å²) in [5.41, 5.74) is -2.90. The number of alkyl halides is 3. The zero-order valence-electron chi connectivity index (χ0n) is 16.9. The Labute approximate surface area is 186 Å². The Kier molecular flexibility index (Phi) is 7.71. The highest BCUT2D eigenvalue weighted by Crippen LogP contribution is 2.37. The van der Waals surface area contributed by atoms with Crippen molar-refractivity contribution in [1.29, 1.82) is 0 Å². The largest absolute Gasteiger partial charge is 0.446 e. The summed E-state index contributed by atoms with van der Waals surface area (Å²) in [4.78, 5) is 24.5. The van der Waals surface area contributed by atoms with Gasteiger partial charge in [-0.2, -0.15) is 13.2 Å². The van der Waals surface area contributed by atoms with E-state index < -0.39 is 11.5 Å². The van der Waals surface area contributed by atoms with E-state index in [2.05, 4.69) is 36.2 Å². The van der Waals surface area contributed by atoms with E-state index in [9.17, 15) is 18.0 Å². The fourth-order valence-electron chi connectivity index (χ4n) is 2.54. The van der Waals surface area contributed by atoms with Gasteiger partial charge < -0.3 is 21.3 Å². The molecule has 0 radical (unpaired) electrons. The second-order valence-electron chi connectivity index (χ2n) is 6.51. The molecule has 3 aromatic rings. The minimum atomic E-state index is -4.35. The maximum Gasteiger partial charge on any atom is 0.446 e. The highest BCUT2D eigenvalue weighted by Gasteiger charge is 2.29. The van der Waals surface area contributed by atoms with Gasteiger partial charge in [-0.3, -0.25) is 0 Å². The number of aromatic nitrogens is 3. The van der Waals surface area contributed by atoms with Gasteiger partial charge in [0.2, 0.25) is 0 Å². The number of nitrogens with zero attached hydrogens (tertiary/aromatic N) is 3. The zero-order valence-corrected chi connectivity index (χ0v) is 17.7. The second kappa shape index (κ2) is 10.7. The quantitative estimate of drug-likeness (QED) is 0.282. The fourth-order valence-corrected chi connectivity index (χ4v) is 3.08. The van der Waals surface area contributed by atoms with Crippen LogP contribution in [0.1, 0.15) is 5.56 Å². The molecule has 0 spiro atoms. The standard InChI is InChI=1S/C20H20F3N7OS/c1-13-6-7-24-17(10-13)30-18-11-16(27-12-28-18)25-8-9-26-19(31)29-14-2-4-15(5-3-14)32-20(21,22)23/h2-7,10-12H,8-9H2,1H3,(H2,26,29,31)(H2,24,25,27,28,30). The van der Waals surface area contributed by atoms with E-state index in [0.717, 1.165) is 5.56 Å². The van der Waals surface area contributed by atoms with Crippen LogP contribution in [0.3, 0.4) is 0 Å². The number of hydrogen-bond acceptors (Lipinski definition) is 7. The normalized spacial score (nSPS) is 11.0. The molecule has 0 bridgehead atoms. The number of thioether (sulfide) groups is 1. The lowest BCUT2D eigenvalue weighted by atomic mass is 10.3. The van der Waals surface area contributed by atoms with Crippen molar-refractivity contribution in [3.63, 3.8) is 0 Å². The molecule has 0 atom stereocenters. The first-order valence-electron chi connectivity index (χ1n) is 9.43. The number of amides is 2. The monoisotopic (exact) mass is 463 g/mol. The van der Waals surface area contributed by atoms with Gasteiger partial charge in [0, 0.05) is 35.9 Å². The number of anilines is 4. The van der Waals surface area contributed by atoms with Crippen LogP contribution in [0.15, 0.2) is 59.9 Å². The smallest absolute Gasteiger partial charge is 0.368 e. The average Bonchev–Trinajstić information content (AvgIpc) is 2.72. The number of carbonyl (C=O) groups is 1. The van der Waals surface area contributed by atoms with Gasteiger partial charge in [-0.25, -0.2) is 19.7 Å². The molecule has 0 aliphatic rings. The van der Waals surface area contributed by atoms with Gasteiger partial charge in [-0.05, 0) is 60.6 Å². The van der Waals surface area contributed by atoms with Crippen LogP contribution in [0.2, 0.25) is 0 Å². The zero-order chi connectivity index (χ0) is 23.0. The molecule has 12 heteroatoms. The molecule has 0 fully saturated rings. The number of benzene rings is 1. The fraction of sp³-hybridized carbons (Fsp3) is 0.200. The van der Waals surface area contributed by atoms with Crippen molar-refractivity contribution in [2.75, 3.05) is 29.0 Å². The summed E-state index contributed by atoms with van der Waals surface area (Å²) in [6.45, 7) is 2.65. The van der Waals surface area contributed by atoms with Crippen LogP contribution in [0.25, 0.3) is 0 Å². The van der Waals surface area contributed by atoms with Gasteiger partial charge in [-0.1, -0.05) is 0 Å². The van der Waals surface area contributed by atoms with Gasteiger partial charge in [0.1, 0.15) is 23.8 Å². The number of carbonyl (C=O) groups excluding carboxylic acids is 1. The summed E-state index contributed by atoms with van der Waals surface area (Å²) in [6, 6.07) is 10.4. The average molecular weight is 463 g/mol. The Bertz CT molecular complexity index is 1050. The number of aryl methyl sites for hydroxylation is 1. The van der Waals surface area contributed by atoms with E-state index in [1.165, 1.54) is 30.6 Å². The number of halogens is 3. The third-order valence-electron chi connectivity index (χ3n) is 3.90. The second-order valence-corrected chi connectivity index (χ2v) is 7.65. The van der Waals surface area contributed by atoms with Gasteiger partial charge in [-0.15, -0.1) is 0 Å². The van der Waals surface area contributed by atoms with Crippen molar-refractivity contribution in [2.45, 2.75) is 17.3 Å². The summed E-state index contributed by atoms with van der Waals surface area (Å²) >= 11 is -0.210. The molecule has 0 saturated heterocycles. The van der Waals surface area contributed by atoms with Crippen molar-refractivity contribution in [3.8, 4) is 0 Å². The van der Waals surface area contributed by atoms with Crippen LogP contribution < -0.4 is 21.3 Å². The van der Waals surface area contributed by atoms with Crippen molar-refractivity contribution in [1.82, 2.24) is 20.3 Å². The first-order valence-corrected chi connectivity index (χ1v) is 10.2. The maximum absolute atomic E-state index is 12.3. The number of hydrogen-bond donors (Lipinski definition) is 4. The van der Waals surface area contributed by atoms with Crippen LogP contribution in [0, 0.1) is 6.92 Å². The van der Waals surface area contributed by atoms with E-state index in [1.807, 2.05) is 19.1 Å². The highest BCUT2D eigenvalue weighted by molar-refractivity contribution is 8.00. The minimum Gasteiger partial charge on any atom is -0.368 e. The molecule has 8 nitrogen and oxygen atoms in total. The van der Waals surface area contributed by atoms with E-state index in [4.69, 9.17) is 0 Å². The molecule has 0 saturated carbocycles. The molecule has 3 rings (SSSR count). The van der Waals surface area contributed by atoms with E-state index in [1.54, 1.807) is 12.3 Å². The summed E-state index contributed by atoms with van der Waals surface area (Å²) in [5, 5.41) is 11.4. The Morgan fingerprint density at radius 1 is 0.969 bits per heavy atom. The Hall–Kier alpha value is -3.54. The SMILES string of the molecule is Cc1ccnc(Nc2cc(NCCNC(=O)Nc3ccc(SC(F)(F)F)cc3)ncn2)c1. The lowest BCUT2D eigenvalue weighted by molar-refractivity contribution is -0.0328. The molecule has 0 aliphatic heterocycles. The minimum absolute atomic E-state index is 0.0459. The van der Waals surface area contributed by atoms with Crippen LogP contribution in [0.5, 0.6) is 0 Å². The first kappa shape index (κ1) is 23.1. The van der Waals surface area contributed by atoms with Gasteiger partial charge in [0.25, 0.3) is 0 Å². The predicted octanol–water partition coefficient (Wildman–Crippen LogP) is 4.77. The van der Waals surface area contributed by atoms with Gasteiger partial charge in [0.15, 0.2) is 0 Å². The topological polar surface area (TPSA) is 104 Å². The molecule has 2 amide bonds. The molecule has 2 aromatic heterocycles. The Morgan fingerprint density at radius 3 is 2.41 bits per heavy atom. The number of rotatable bonds is 8. The highest BCUT2D eigenvalue weighted by atomic mass is 32.2. The summed E-state index contributed by atoms with van der Waals surface area (Å²) in [7, 11) is 0. The van der Waals surface area contributed by atoms with Crippen molar-refractivity contribution < 1.29 is 18.0 Å². The number of urea groups is 1. The molecular weight excluding hydrogens is 443 g/mol. The molecule has 168 valence electrons. The van der Waals surface area contributed by atoms with Gasteiger partial charge in [0.05, 0.1) is 0 Å². The summed E-state index contributed by atoms with van der Waals surface area (Å²) in [6.07, 6.45) is 3.10. The summed E-state index contributed by atoms with van der Waals surface area (Å²) in [5.74, 6) is 1.80. The van der Waals surface area contributed by atoms with Gasteiger partial charge >= 0.3 is 11.5 Å². The number of pyridine rings is 1. The third-order valence-corrected chi connectivity index (χ3v) is 4.64. The van der Waals surface area contributed by atoms with Crippen LogP contribution in [-0.2, 0) is 0 Å². The molecule has 4 N–H and O–H groups in total. The van der Waals surface area contributed by atoms with E-state index in [-0.39, 0.29) is 16.7 Å². The van der Waals surface area contributed by atoms with E-state index in [0.29, 0.717) is 36.2 Å². The lowest BCUT2D eigenvalue weighted by Crippen LogP contribution is -2.32. The molecule has 1 aromatic carbocycles. The van der Waals surface area contributed by atoms with Crippen LogP contribution >= 0.6 is 11.8 Å². The van der Waals surface area contributed by atoms with Crippen molar-refractivity contribution >= 4 is 40.9 Å². The maximum atomic E-state index is 12.3. The van der Waals surface area contributed by atoms with E-state index >= 15 is 0 Å². The lowest BCUT2D eigenvalue weighted by Gasteiger charge is -2.11. The van der Waals surface area contributed by atoms with Crippen molar-refractivity contribution in [3.05, 3.63) is 60.6 Å². The van der Waals surface area contributed by atoms with Crippen LogP contribution in [-0.4, -0.2) is 39.6 Å². The number of nitrogens with one attached hydrogen (secondary N) is 4. The molecule has 0 aliphatic carbocycles. The molecule has 2 heterocycles. The van der Waals surface area contributed by atoms with Crippen molar-refractivity contribution in [2.24, 2.45) is 0 Å². The Morgan fingerprint density at radius 2 is 1.69 bits per heavy atom. The predicted molar refractivity (Wildman–Crippen MR) is 118 cm³/mol. The third kappa shape index (κ3) is 7.95. The molecule has 0 unspecified atom stereocenters. The summed E-state index contributed by atoms with van der Waals surface area (Å²) < 4.78 is 37.0. The first-order chi connectivity index (χ1) is 15.3. The van der Waals surface area contributed by atoms with Crippen LogP contribution in [0.4, 0.5) is 41.1 Å². The molecular formula is C20H20F3N7OS. The molecule has 32 heavy (non-hydrogen) atoms.